The highest BCUT2D eigenvalue weighted by molar-refractivity contribution is 7.92. The van der Waals surface area contributed by atoms with E-state index in [1.807, 2.05) is 11.8 Å². The summed E-state index contributed by atoms with van der Waals surface area (Å²) in [4.78, 5) is 12.7. The number of hydrogen-bond acceptors (Lipinski definition) is 4. The van der Waals surface area contributed by atoms with Crippen molar-refractivity contribution >= 4 is 29.1 Å². The van der Waals surface area contributed by atoms with Crippen LogP contribution in [-0.2, 0) is 21.2 Å². The van der Waals surface area contributed by atoms with Crippen LogP contribution in [0.4, 0.5) is 13.2 Å². The molecule has 0 spiro atoms. The number of nitrogens with zero attached hydrogens (tertiary/aromatic N) is 1. The van der Waals surface area contributed by atoms with Crippen molar-refractivity contribution < 1.29 is 26.4 Å². The van der Waals surface area contributed by atoms with Crippen LogP contribution in [0.5, 0.6) is 0 Å². The molecule has 150 valence electrons. The number of hydrogen-bond donors (Lipinski definition) is 1. The highest BCUT2D eigenvalue weighted by Gasteiger charge is 2.46. The van der Waals surface area contributed by atoms with Crippen molar-refractivity contribution in [3.05, 3.63) is 35.9 Å². The number of alkyl halides is 3. The smallest absolute Gasteiger partial charge is 0.352 e. The summed E-state index contributed by atoms with van der Waals surface area (Å²) in [6.07, 6.45) is 0.645. The molecule has 0 saturated carbocycles. The van der Waals surface area contributed by atoms with Gasteiger partial charge in [0.15, 0.2) is 0 Å². The minimum absolute atomic E-state index is 0.223. The molecule has 0 radical (unpaired) electrons. The van der Waals surface area contributed by atoms with E-state index in [9.17, 15) is 26.4 Å². The van der Waals surface area contributed by atoms with Crippen LogP contribution in [0.15, 0.2) is 35.2 Å². The third kappa shape index (κ3) is 6.39. The fraction of sp³-hybridized carbons (Fsp3) is 0.471. The predicted octanol–water partition coefficient (Wildman–Crippen LogP) is 1.14. The van der Waals surface area contributed by atoms with Gasteiger partial charge in [-0.3, -0.25) is 9.69 Å². The van der Waals surface area contributed by atoms with Gasteiger partial charge in [-0.25, -0.2) is 8.42 Å². The maximum absolute atomic E-state index is 12.8. The van der Waals surface area contributed by atoms with Crippen LogP contribution in [0.3, 0.4) is 0 Å². The molecule has 0 saturated heterocycles. The summed E-state index contributed by atoms with van der Waals surface area (Å²) in [5, 5.41) is 2.71. The Bertz CT molecular complexity index is 795. The lowest BCUT2D eigenvalue weighted by Crippen LogP contribution is -2.31. The van der Waals surface area contributed by atoms with Crippen molar-refractivity contribution in [2.45, 2.75) is 37.2 Å². The van der Waals surface area contributed by atoms with E-state index in [0.717, 1.165) is 12.1 Å². The van der Waals surface area contributed by atoms with Crippen LogP contribution < -0.4 is 10.8 Å². The van der Waals surface area contributed by atoms with E-state index in [1.165, 1.54) is 6.07 Å². The molecule has 0 bridgehead atoms. The molecule has 0 heterocycles. The summed E-state index contributed by atoms with van der Waals surface area (Å²) in [7, 11) is -3.65. The molecule has 0 atom stereocenters. The summed E-state index contributed by atoms with van der Waals surface area (Å²) in [6.45, 7) is 9.05. The second-order valence-electron chi connectivity index (χ2n) is 6.30. The number of carbonyl (C=O) groups excluding carboxylic acids is 1. The van der Waals surface area contributed by atoms with Gasteiger partial charge in [0, 0.05) is 25.2 Å². The molecule has 0 aliphatic heterocycles. The molecule has 1 amide bonds. The first-order chi connectivity index (χ1) is 12.4. The number of sulfone groups is 1. The van der Waals surface area contributed by atoms with Crippen molar-refractivity contribution in [3.63, 3.8) is 0 Å². The van der Waals surface area contributed by atoms with Crippen molar-refractivity contribution in [1.82, 2.24) is 10.2 Å². The summed E-state index contributed by atoms with van der Waals surface area (Å²) in [6, 6.07) is 3.45. The zero-order chi connectivity index (χ0) is 20.8. The van der Waals surface area contributed by atoms with E-state index >= 15 is 0 Å². The van der Waals surface area contributed by atoms with Crippen molar-refractivity contribution in [2.24, 2.45) is 0 Å². The monoisotopic (exact) mass is 404 g/mol. The van der Waals surface area contributed by atoms with Gasteiger partial charge in [0.1, 0.15) is 7.85 Å². The first-order valence-electron chi connectivity index (χ1n) is 8.47. The molecule has 27 heavy (non-hydrogen) atoms. The Morgan fingerprint density at radius 2 is 1.96 bits per heavy atom. The minimum Gasteiger partial charge on any atom is -0.352 e. The van der Waals surface area contributed by atoms with E-state index in [0.29, 0.717) is 49.2 Å². The fourth-order valence-corrected chi connectivity index (χ4v) is 3.18. The standard InChI is InChI=1S/C17H24BF3N2O3S/c1-4-23(9-5-8-22-16(24)12(2)3)11-13-10-14(6-7-15(13)18)27(25,26)17(19,20)21/h6-7,10H,2,4-5,8-9,11,18H2,1,3H3,(H,22,24). The molecule has 0 unspecified atom stereocenters. The Morgan fingerprint density at radius 3 is 2.48 bits per heavy atom. The summed E-state index contributed by atoms with van der Waals surface area (Å²) in [5.74, 6) is -0.223. The number of rotatable bonds is 9. The maximum Gasteiger partial charge on any atom is 0.501 e. The quantitative estimate of drug-likeness (QED) is 0.381. The van der Waals surface area contributed by atoms with Crippen molar-refractivity contribution in [3.8, 4) is 0 Å². The summed E-state index contributed by atoms with van der Waals surface area (Å²) >= 11 is 0. The Morgan fingerprint density at radius 1 is 1.33 bits per heavy atom. The molecule has 5 nitrogen and oxygen atoms in total. The molecule has 1 aromatic carbocycles. The van der Waals surface area contributed by atoms with Gasteiger partial charge in [-0.1, -0.05) is 25.0 Å². The molecular weight excluding hydrogens is 380 g/mol. The Balaban J connectivity index is 2.82. The number of carbonyl (C=O) groups is 1. The van der Waals surface area contributed by atoms with Crippen molar-refractivity contribution in [2.75, 3.05) is 19.6 Å². The third-order valence-electron chi connectivity index (χ3n) is 4.10. The SMILES string of the molecule is Bc1ccc(S(=O)(=O)C(F)(F)F)cc1CN(CC)CCCNC(=O)C(=C)C. The van der Waals surface area contributed by atoms with E-state index in [-0.39, 0.29) is 5.91 Å². The van der Waals surface area contributed by atoms with Crippen LogP contribution in [0.1, 0.15) is 25.8 Å². The Hall–Kier alpha value is -1.81. The van der Waals surface area contributed by atoms with Gasteiger partial charge >= 0.3 is 5.51 Å². The highest BCUT2D eigenvalue weighted by Crippen LogP contribution is 2.30. The number of nitrogens with one attached hydrogen (secondary N) is 1. The van der Waals surface area contributed by atoms with Gasteiger partial charge in [0.05, 0.1) is 4.90 Å². The van der Waals surface area contributed by atoms with E-state index in [1.54, 1.807) is 14.8 Å². The van der Waals surface area contributed by atoms with Gasteiger partial charge < -0.3 is 5.32 Å². The van der Waals surface area contributed by atoms with Crippen LogP contribution in [0.2, 0.25) is 0 Å². The van der Waals surface area contributed by atoms with Gasteiger partial charge in [-0.05, 0) is 37.6 Å². The second-order valence-corrected chi connectivity index (χ2v) is 8.24. The average Bonchev–Trinajstić information content (AvgIpc) is 2.57. The first-order valence-corrected chi connectivity index (χ1v) is 9.95. The summed E-state index contributed by atoms with van der Waals surface area (Å²) in [5.41, 5.74) is -3.68. The molecule has 1 rings (SSSR count). The second kappa shape index (κ2) is 9.41. The molecule has 1 N–H and O–H groups in total. The molecule has 0 fully saturated rings. The molecule has 0 aliphatic carbocycles. The molecule has 0 aromatic heterocycles. The van der Waals surface area contributed by atoms with E-state index in [2.05, 4.69) is 11.9 Å². The lowest BCUT2D eigenvalue weighted by molar-refractivity contribution is -0.117. The topological polar surface area (TPSA) is 66.5 Å². The van der Waals surface area contributed by atoms with Crippen LogP contribution in [0, 0.1) is 0 Å². The van der Waals surface area contributed by atoms with Gasteiger partial charge in [-0.2, -0.15) is 13.2 Å². The summed E-state index contributed by atoms with van der Waals surface area (Å²) < 4.78 is 61.5. The average molecular weight is 404 g/mol. The van der Waals surface area contributed by atoms with Gasteiger partial charge in [0.25, 0.3) is 9.84 Å². The minimum atomic E-state index is -5.37. The molecule has 10 heteroatoms. The van der Waals surface area contributed by atoms with Crippen LogP contribution >= 0.6 is 0 Å². The number of benzene rings is 1. The lowest BCUT2D eigenvalue weighted by Gasteiger charge is -2.22. The van der Waals surface area contributed by atoms with E-state index in [4.69, 9.17) is 0 Å². The van der Waals surface area contributed by atoms with Gasteiger partial charge in [-0.15, -0.1) is 0 Å². The normalized spacial score (nSPS) is 12.2. The van der Waals surface area contributed by atoms with Crippen LogP contribution in [0.25, 0.3) is 0 Å². The lowest BCUT2D eigenvalue weighted by atomic mass is 9.90. The molecule has 0 aliphatic rings. The number of amides is 1. The molecular formula is C17H24BF3N2O3S. The Labute approximate surface area is 159 Å². The highest BCUT2D eigenvalue weighted by atomic mass is 32.2. The van der Waals surface area contributed by atoms with Gasteiger partial charge in [0.2, 0.25) is 5.91 Å². The number of halogens is 3. The Kier molecular flexibility index (Phi) is 8.10. The zero-order valence-electron chi connectivity index (χ0n) is 15.7. The third-order valence-corrected chi connectivity index (χ3v) is 5.59. The first kappa shape index (κ1) is 23.2. The zero-order valence-corrected chi connectivity index (χ0v) is 16.5. The molecule has 1 aromatic rings. The maximum atomic E-state index is 12.8. The largest absolute Gasteiger partial charge is 0.501 e. The predicted molar refractivity (Wildman–Crippen MR) is 101 cm³/mol. The fourth-order valence-electron chi connectivity index (χ4n) is 2.36. The van der Waals surface area contributed by atoms with E-state index < -0.39 is 20.2 Å². The van der Waals surface area contributed by atoms with Crippen LogP contribution in [-0.4, -0.2) is 52.2 Å². The van der Waals surface area contributed by atoms with Crippen molar-refractivity contribution in [1.29, 1.82) is 0 Å².